The number of rotatable bonds is 9. The largest absolute Gasteiger partial charge is 0.493 e. The van der Waals surface area contributed by atoms with Crippen molar-refractivity contribution in [3.8, 4) is 11.5 Å². The number of aliphatic carboxylic acids is 1. The number of benzene rings is 1. The highest BCUT2D eigenvalue weighted by Crippen LogP contribution is 2.27. The molecule has 0 amide bonds. The van der Waals surface area contributed by atoms with Gasteiger partial charge in [0.15, 0.2) is 17.1 Å². The molecule has 0 heterocycles. The first-order valence-corrected chi connectivity index (χ1v) is 7.78. The molecule has 7 nitrogen and oxygen atoms in total. The van der Waals surface area contributed by atoms with Gasteiger partial charge in [0, 0.05) is 19.5 Å². The minimum Gasteiger partial charge on any atom is -0.493 e. The number of carbonyl (C=O) groups excluding carboxylic acids is 1. The number of ether oxygens (including phenoxy) is 3. The van der Waals surface area contributed by atoms with Gasteiger partial charge < -0.3 is 24.2 Å². The van der Waals surface area contributed by atoms with Gasteiger partial charge in [-0.05, 0) is 31.2 Å². The van der Waals surface area contributed by atoms with Gasteiger partial charge in [-0.3, -0.25) is 0 Å². The van der Waals surface area contributed by atoms with E-state index in [1.54, 1.807) is 14.2 Å². The van der Waals surface area contributed by atoms with Gasteiger partial charge in [0.25, 0.3) is 0 Å². The average Bonchev–Trinajstić information content (AvgIpc) is 2.57. The lowest BCUT2D eigenvalue weighted by Crippen LogP contribution is -2.27. The molecule has 24 heavy (non-hydrogen) atoms. The molecule has 0 fully saturated rings. The van der Waals surface area contributed by atoms with E-state index in [2.05, 4.69) is 4.74 Å². The van der Waals surface area contributed by atoms with E-state index in [1.807, 2.05) is 30.1 Å². The van der Waals surface area contributed by atoms with Crippen LogP contribution >= 0.6 is 11.6 Å². The van der Waals surface area contributed by atoms with Crippen molar-refractivity contribution in [2.75, 3.05) is 34.4 Å². The fourth-order valence-electron chi connectivity index (χ4n) is 2.02. The third-order valence-electron chi connectivity index (χ3n) is 3.38. The number of likely N-dealkylation sites (N-methyl/N-ethyl adjacent to an activating group) is 1. The Kier molecular flexibility index (Phi) is 8.35. The van der Waals surface area contributed by atoms with Crippen molar-refractivity contribution in [1.29, 1.82) is 0 Å². The van der Waals surface area contributed by atoms with Crippen LogP contribution in [0, 0.1) is 0 Å². The van der Waals surface area contributed by atoms with E-state index >= 15 is 0 Å². The summed E-state index contributed by atoms with van der Waals surface area (Å²) >= 11 is 5.79. The molecule has 0 aliphatic rings. The van der Waals surface area contributed by atoms with Crippen LogP contribution < -0.4 is 9.47 Å². The maximum atomic E-state index is 10.9. The molecule has 0 radical (unpaired) electrons. The molecule has 1 N–H and O–H groups in total. The number of carboxylic acid groups (broad SMARTS) is 1. The highest BCUT2D eigenvalue weighted by Gasteiger charge is 2.18. The predicted molar refractivity (Wildman–Crippen MR) is 88.7 cm³/mol. The van der Waals surface area contributed by atoms with Gasteiger partial charge >= 0.3 is 11.9 Å². The zero-order valence-corrected chi connectivity index (χ0v) is 14.7. The third kappa shape index (κ3) is 6.64. The van der Waals surface area contributed by atoms with E-state index in [1.165, 1.54) is 0 Å². The molecule has 0 aliphatic carbocycles. The van der Waals surface area contributed by atoms with E-state index in [0.29, 0.717) is 24.5 Å². The van der Waals surface area contributed by atoms with Crippen molar-refractivity contribution in [3.63, 3.8) is 0 Å². The van der Waals surface area contributed by atoms with Crippen molar-refractivity contribution in [3.05, 3.63) is 23.8 Å². The summed E-state index contributed by atoms with van der Waals surface area (Å²) in [5.74, 6) is -1.63. The second-order valence-electron chi connectivity index (χ2n) is 5.15. The number of hydrogen-bond donors (Lipinski definition) is 1. The van der Waals surface area contributed by atoms with Crippen molar-refractivity contribution in [1.82, 2.24) is 4.90 Å². The Morgan fingerprint density at radius 1 is 1.21 bits per heavy atom. The molecule has 0 saturated heterocycles. The van der Waals surface area contributed by atoms with Gasteiger partial charge in [-0.2, -0.15) is 0 Å². The molecule has 1 aromatic rings. The van der Waals surface area contributed by atoms with Crippen LogP contribution in [0.1, 0.15) is 12.0 Å². The Morgan fingerprint density at radius 2 is 1.88 bits per heavy atom. The number of esters is 1. The van der Waals surface area contributed by atoms with E-state index in [0.717, 1.165) is 18.5 Å². The van der Waals surface area contributed by atoms with E-state index in [4.69, 9.17) is 26.2 Å². The lowest BCUT2D eigenvalue weighted by atomic mass is 10.1. The first kappa shape index (κ1) is 20.1. The highest BCUT2D eigenvalue weighted by molar-refractivity contribution is 6.30. The van der Waals surface area contributed by atoms with Crippen molar-refractivity contribution in [2.45, 2.75) is 18.4 Å². The molecule has 0 bridgehead atoms. The number of carbonyl (C=O) groups is 2. The second kappa shape index (κ2) is 10.00. The van der Waals surface area contributed by atoms with Crippen LogP contribution in [-0.4, -0.2) is 61.9 Å². The normalized spacial score (nSPS) is 11.9. The Bertz CT molecular complexity index is 565. The minimum absolute atomic E-state index is 0.336. The minimum atomic E-state index is -1.65. The molecule has 1 aromatic carbocycles. The van der Waals surface area contributed by atoms with Gasteiger partial charge in [0.2, 0.25) is 0 Å². The fourth-order valence-corrected chi connectivity index (χ4v) is 2.19. The highest BCUT2D eigenvalue weighted by atomic mass is 35.5. The summed E-state index contributed by atoms with van der Waals surface area (Å²) in [6, 6.07) is 5.74. The van der Waals surface area contributed by atoms with Crippen LogP contribution in [0.15, 0.2) is 18.2 Å². The number of halogens is 1. The summed E-state index contributed by atoms with van der Waals surface area (Å²) in [6.45, 7) is 1.32. The molecule has 0 saturated carbocycles. The molecule has 8 heteroatoms. The lowest BCUT2D eigenvalue weighted by Gasteiger charge is -2.18. The molecule has 0 spiro atoms. The topological polar surface area (TPSA) is 85.3 Å². The number of alkyl halides is 1. The second-order valence-corrected chi connectivity index (χ2v) is 5.64. The number of nitrogens with zero attached hydrogens (tertiary/aromatic N) is 1. The zero-order chi connectivity index (χ0) is 18.1. The average molecular weight is 360 g/mol. The van der Waals surface area contributed by atoms with Gasteiger partial charge in [0.05, 0.1) is 14.2 Å². The maximum absolute atomic E-state index is 10.9. The maximum Gasteiger partial charge on any atom is 0.418 e. The first-order valence-electron chi connectivity index (χ1n) is 7.34. The number of carboxylic acids is 1. The molecule has 0 aliphatic heterocycles. The van der Waals surface area contributed by atoms with Crippen molar-refractivity contribution >= 4 is 23.5 Å². The first-order chi connectivity index (χ1) is 11.4. The Hall–Kier alpha value is -1.99. The van der Waals surface area contributed by atoms with Crippen molar-refractivity contribution in [2.24, 2.45) is 0 Å². The monoisotopic (exact) mass is 359 g/mol. The van der Waals surface area contributed by atoms with Crippen LogP contribution in [0.2, 0.25) is 0 Å². The summed E-state index contributed by atoms with van der Waals surface area (Å²) in [6.07, 6.45) is 1.13. The number of hydrogen-bond acceptors (Lipinski definition) is 6. The molecular formula is C16H22ClNO6. The molecule has 134 valence electrons. The molecular weight excluding hydrogens is 338 g/mol. The van der Waals surface area contributed by atoms with Crippen LogP contribution in [0.5, 0.6) is 11.5 Å². The van der Waals surface area contributed by atoms with Crippen LogP contribution in [0.3, 0.4) is 0 Å². The SMILES string of the molecule is COc1ccc(CCN(C)CCC(Cl)OC(=O)C(=O)O)cc1OC. The summed E-state index contributed by atoms with van der Waals surface area (Å²) in [7, 11) is 5.08. The predicted octanol–water partition coefficient (Wildman–Crippen LogP) is 1.76. The van der Waals surface area contributed by atoms with Crippen LogP contribution in [0.25, 0.3) is 0 Å². The smallest absolute Gasteiger partial charge is 0.418 e. The lowest BCUT2D eigenvalue weighted by molar-refractivity contribution is -0.165. The molecule has 1 unspecified atom stereocenters. The molecule has 0 aromatic heterocycles. The summed E-state index contributed by atoms with van der Waals surface area (Å²) in [4.78, 5) is 23.3. The van der Waals surface area contributed by atoms with E-state index in [9.17, 15) is 9.59 Å². The van der Waals surface area contributed by atoms with Gasteiger partial charge in [-0.25, -0.2) is 9.59 Å². The van der Waals surface area contributed by atoms with Crippen LogP contribution in [-0.2, 0) is 20.7 Å². The summed E-state index contributed by atoms with van der Waals surface area (Å²) < 4.78 is 15.0. The van der Waals surface area contributed by atoms with Crippen LogP contribution in [0.4, 0.5) is 0 Å². The Morgan fingerprint density at radius 3 is 2.46 bits per heavy atom. The fraction of sp³-hybridized carbons (Fsp3) is 0.500. The molecule has 1 rings (SSSR count). The number of methoxy groups -OCH3 is 2. The summed E-state index contributed by atoms with van der Waals surface area (Å²) in [5.41, 5.74) is 0.136. The standard InChI is InChI=1S/C16H22ClNO6/c1-18(9-7-14(17)24-16(21)15(19)20)8-6-11-4-5-12(22-2)13(10-11)23-3/h4-5,10,14H,6-9H2,1-3H3,(H,19,20). The van der Waals surface area contributed by atoms with Gasteiger partial charge in [-0.1, -0.05) is 17.7 Å². The van der Waals surface area contributed by atoms with E-state index in [-0.39, 0.29) is 0 Å². The van der Waals surface area contributed by atoms with Gasteiger partial charge in [-0.15, -0.1) is 0 Å². The van der Waals surface area contributed by atoms with E-state index < -0.39 is 17.5 Å². The molecule has 1 atom stereocenters. The Balaban J connectivity index is 2.39. The third-order valence-corrected chi connectivity index (χ3v) is 3.68. The van der Waals surface area contributed by atoms with Gasteiger partial charge in [0.1, 0.15) is 0 Å². The zero-order valence-electron chi connectivity index (χ0n) is 14.0. The van der Waals surface area contributed by atoms with Crippen molar-refractivity contribution < 1.29 is 28.9 Å². The summed E-state index contributed by atoms with van der Waals surface area (Å²) in [5, 5.41) is 8.44. The Labute approximate surface area is 146 Å². The quantitative estimate of drug-likeness (QED) is 0.408.